The molecule has 0 saturated heterocycles. The molecule has 2 aliphatic rings. The maximum Gasteiger partial charge on any atom is 0.264 e. The Hall–Kier alpha value is -3.21. The fraction of sp³-hybridized carbons (Fsp3) is 0.292. The fourth-order valence-corrected chi connectivity index (χ4v) is 5.37. The Kier molecular flexibility index (Phi) is 6.61. The van der Waals surface area contributed by atoms with Gasteiger partial charge in [-0.25, -0.2) is 5.01 Å². The van der Waals surface area contributed by atoms with E-state index < -0.39 is 0 Å². The van der Waals surface area contributed by atoms with Crippen molar-refractivity contribution in [3.8, 4) is 11.5 Å². The van der Waals surface area contributed by atoms with Gasteiger partial charge in [-0.1, -0.05) is 18.2 Å². The molecule has 4 heterocycles. The van der Waals surface area contributed by atoms with Crippen LogP contribution >= 0.6 is 22.7 Å². The van der Waals surface area contributed by atoms with Gasteiger partial charge in [0, 0.05) is 20.1 Å². The molecule has 0 aliphatic carbocycles. The third-order valence-electron chi connectivity index (χ3n) is 5.66. The summed E-state index contributed by atoms with van der Waals surface area (Å²) in [5.41, 5.74) is 1.75. The molecular weight excluding hydrogens is 474 g/mol. The van der Waals surface area contributed by atoms with Crippen LogP contribution in [0.3, 0.4) is 0 Å². The van der Waals surface area contributed by atoms with Gasteiger partial charge in [0.1, 0.15) is 6.54 Å². The van der Waals surface area contributed by atoms with E-state index in [-0.39, 0.29) is 31.2 Å². The maximum atomic E-state index is 13.6. The molecule has 0 saturated carbocycles. The second kappa shape index (κ2) is 9.96. The first-order chi connectivity index (χ1) is 16.6. The highest BCUT2D eigenvalue weighted by Gasteiger charge is 2.35. The summed E-state index contributed by atoms with van der Waals surface area (Å²) in [6, 6.07) is 12.9. The van der Waals surface area contributed by atoms with Crippen molar-refractivity contribution in [2.24, 2.45) is 5.10 Å². The molecule has 10 heteroatoms. The molecule has 5 rings (SSSR count). The molecule has 8 nitrogen and oxygen atoms in total. The zero-order valence-corrected chi connectivity index (χ0v) is 20.1. The van der Waals surface area contributed by atoms with E-state index in [1.54, 1.807) is 24.5 Å². The van der Waals surface area contributed by atoms with Crippen molar-refractivity contribution in [1.82, 2.24) is 9.91 Å². The van der Waals surface area contributed by atoms with Gasteiger partial charge in [0.2, 0.25) is 6.79 Å². The van der Waals surface area contributed by atoms with Gasteiger partial charge in [-0.05, 0) is 40.6 Å². The van der Waals surface area contributed by atoms with Gasteiger partial charge in [-0.15, -0.1) is 22.7 Å². The smallest absolute Gasteiger partial charge is 0.264 e. The molecule has 0 fully saturated rings. The van der Waals surface area contributed by atoms with E-state index in [0.717, 1.165) is 16.2 Å². The molecule has 176 valence electrons. The van der Waals surface area contributed by atoms with Crippen LogP contribution in [0.2, 0.25) is 0 Å². The van der Waals surface area contributed by atoms with Crippen LogP contribution in [0.25, 0.3) is 0 Å². The van der Waals surface area contributed by atoms with E-state index in [2.05, 4.69) is 0 Å². The monoisotopic (exact) mass is 497 g/mol. The SMILES string of the molecule is COCCN(CC(=O)N1N=C(c2cccs2)CC1c1ccc2c(c1)OCO2)C(=O)c1cccs1. The Morgan fingerprint density at radius 3 is 2.74 bits per heavy atom. The van der Waals surface area contributed by atoms with Crippen LogP contribution in [-0.4, -0.2) is 61.0 Å². The summed E-state index contributed by atoms with van der Waals surface area (Å²) in [7, 11) is 1.57. The van der Waals surface area contributed by atoms with Gasteiger partial charge in [-0.2, -0.15) is 5.10 Å². The van der Waals surface area contributed by atoms with Gasteiger partial charge in [-0.3, -0.25) is 9.59 Å². The third-order valence-corrected chi connectivity index (χ3v) is 7.44. The number of hydrogen-bond donors (Lipinski definition) is 0. The van der Waals surface area contributed by atoms with Gasteiger partial charge in [0.05, 0.1) is 28.1 Å². The Labute approximate surface area is 205 Å². The standard InChI is InChI=1S/C24H23N3O5S2/c1-30-9-8-26(24(29)22-5-3-11-34-22)14-23(28)27-18(13-17(25-27)21-4-2-10-33-21)16-6-7-19-20(12-16)32-15-31-19/h2-7,10-12,18H,8-9,13-15H2,1H3. The number of hydrazone groups is 1. The Morgan fingerprint density at radius 2 is 1.97 bits per heavy atom. The van der Waals surface area contributed by atoms with E-state index in [0.29, 0.717) is 35.9 Å². The number of rotatable bonds is 8. The number of hydrogen-bond acceptors (Lipinski definition) is 8. The highest BCUT2D eigenvalue weighted by atomic mass is 32.1. The van der Waals surface area contributed by atoms with Crippen molar-refractivity contribution in [1.29, 1.82) is 0 Å². The predicted octanol–water partition coefficient (Wildman–Crippen LogP) is 4.00. The van der Waals surface area contributed by atoms with E-state index >= 15 is 0 Å². The summed E-state index contributed by atoms with van der Waals surface area (Å²) in [6.07, 6.45) is 0.572. The Morgan fingerprint density at radius 1 is 1.15 bits per heavy atom. The lowest BCUT2D eigenvalue weighted by atomic mass is 10.0. The number of thiophene rings is 2. The van der Waals surface area contributed by atoms with E-state index in [1.807, 2.05) is 47.2 Å². The number of amides is 2. The van der Waals surface area contributed by atoms with E-state index in [4.69, 9.17) is 19.3 Å². The minimum atomic E-state index is -0.305. The van der Waals surface area contributed by atoms with Crippen molar-refractivity contribution in [3.05, 3.63) is 68.5 Å². The molecule has 1 unspecified atom stereocenters. The molecule has 0 radical (unpaired) electrons. The predicted molar refractivity (Wildman–Crippen MR) is 130 cm³/mol. The first kappa shape index (κ1) is 22.6. The zero-order valence-electron chi connectivity index (χ0n) is 18.5. The van der Waals surface area contributed by atoms with Crippen molar-refractivity contribution in [3.63, 3.8) is 0 Å². The highest BCUT2D eigenvalue weighted by molar-refractivity contribution is 7.12. The number of nitrogens with zero attached hydrogens (tertiary/aromatic N) is 3. The van der Waals surface area contributed by atoms with E-state index in [9.17, 15) is 9.59 Å². The number of benzene rings is 1. The minimum absolute atomic E-state index is 0.0949. The Bertz CT molecular complexity index is 1190. The van der Waals surface area contributed by atoms with Crippen molar-refractivity contribution < 1.29 is 23.8 Å². The van der Waals surface area contributed by atoms with Crippen molar-refractivity contribution >= 4 is 40.2 Å². The summed E-state index contributed by atoms with van der Waals surface area (Å²) < 4.78 is 16.2. The average molecular weight is 498 g/mol. The van der Waals surface area contributed by atoms with Crippen LogP contribution in [0.4, 0.5) is 0 Å². The van der Waals surface area contributed by atoms with Crippen LogP contribution in [0, 0.1) is 0 Å². The van der Waals surface area contributed by atoms with Crippen LogP contribution in [-0.2, 0) is 9.53 Å². The number of fused-ring (bicyclic) bond motifs is 1. The molecule has 34 heavy (non-hydrogen) atoms. The average Bonchev–Trinajstić information content (AvgIpc) is 3.66. The van der Waals surface area contributed by atoms with Crippen LogP contribution < -0.4 is 9.47 Å². The number of carbonyl (C=O) groups is 2. The number of carbonyl (C=O) groups excluding carboxylic acids is 2. The van der Waals surface area contributed by atoms with Gasteiger partial charge < -0.3 is 19.1 Å². The molecular formula is C24H23N3O5S2. The lowest BCUT2D eigenvalue weighted by Crippen LogP contribution is -2.42. The van der Waals surface area contributed by atoms with Crippen LogP contribution in [0.5, 0.6) is 11.5 Å². The Balaban J connectivity index is 1.42. The summed E-state index contributed by atoms with van der Waals surface area (Å²) >= 11 is 2.94. The molecule has 1 aromatic carbocycles. The summed E-state index contributed by atoms with van der Waals surface area (Å²) in [5, 5.41) is 10.1. The molecule has 0 bridgehead atoms. The molecule has 2 amide bonds. The number of ether oxygens (including phenoxy) is 3. The van der Waals surface area contributed by atoms with Crippen LogP contribution in [0.15, 0.2) is 58.3 Å². The first-order valence-corrected chi connectivity index (χ1v) is 12.5. The molecule has 3 aromatic rings. The van der Waals surface area contributed by atoms with Gasteiger partial charge in [0.25, 0.3) is 11.8 Å². The normalized spacial score (nSPS) is 16.6. The molecule has 0 N–H and O–H groups in total. The summed E-state index contributed by atoms with van der Waals surface area (Å²) in [5.74, 6) is 0.896. The summed E-state index contributed by atoms with van der Waals surface area (Å²) in [6.45, 7) is 0.730. The third kappa shape index (κ3) is 4.56. The lowest BCUT2D eigenvalue weighted by molar-refractivity contribution is -0.133. The fourth-order valence-electron chi connectivity index (χ4n) is 3.96. The van der Waals surface area contributed by atoms with Crippen molar-refractivity contribution in [2.45, 2.75) is 12.5 Å². The van der Waals surface area contributed by atoms with Crippen molar-refractivity contribution in [2.75, 3.05) is 33.6 Å². The summed E-state index contributed by atoms with van der Waals surface area (Å²) in [4.78, 5) is 29.7. The first-order valence-electron chi connectivity index (χ1n) is 10.8. The quantitative estimate of drug-likeness (QED) is 0.470. The zero-order chi connectivity index (χ0) is 23.5. The van der Waals surface area contributed by atoms with Crippen LogP contribution in [0.1, 0.15) is 32.6 Å². The molecule has 2 aromatic heterocycles. The molecule has 0 spiro atoms. The van der Waals surface area contributed by atoms with Gasteiger partial charge in [0.15, 0.2) is 11.5 Å². The highest BCUT2D eigenvalue weighted by Crippen LogP contribution is 2.39. The molecule has 2 aliphatic heterocycles. The maximum absolute atomic E-state index is 13.6. The second-order valence-electron chi connectivity index (χ2n) is 7.79. The second-order valence-corrected chi connectivity index (χ2v) is 9.69. The minimum Gasteiger partial charge on any atom is -0.454 e. The topological polar surface area (TPSA) is 80.7 Å². The largest absolute Gasteiger partial charge is 0.454 e. The number of methoxy groups -OCH3 is 1. The van der Waals surface area contributed by atoms with E-state index in [1.165, 1.54) is 21.2 Å². The van der Waals surface area contributed by atoms with Gasteiger partial charge >= 0.3 is 0 Å². The lowest BCUT2D eigenvalue weighted by Gasteiger charge is -2.26. The molecule has 1 atom stereocenters.